The number of hydrogen-bond acceptors (Lipinski definition) is 14. The Morgan fingerprint density at radius 2 is 1.71 bits per heavy atom. The molecule has 2 aliphatic rings. The van der Waals surface area contributed by atoms with Crippen molar-refractivity contribution in [3.05, 3.63) is 54.5 Å². The number of nitrogens with zero attached hydrogens (tertiary/aromatic N) is 3. The third kappa shape index (κ3) is 9.13. The molecule has 0 aliphatic carbocycles. The molecule has 266 valence electrons. The molecule has 2 saturated heterocycles. The molecule has 1 aromatic carbocycles. The van der Waals surface area contributed by atoms with Crippen LogP contribution in [0.4, 0.5) is 5.82 Å². The number of nitrogen functional groups attached to an aromatic ring is 1. The Morgan fingerprint density at radius 1 is 1.02 bits per heavy atom. The Hall–Kier alpha value is -4.08. The maximum Gasteiger partial charge on any atom is 0.459 e. The van der Waals surface area contributed by atoms with Crippen LogP contribution >= 0.6 is 7.75 Å². The van der Waals surface area contributed by atoms with Gasteiger partial charge in [0.1, 0.15) is 35.8 Å². The number of carbonyl (C=O) groups is 3. The third-order valence-electron chi connectivity index (χ3n) is 8.11. The van der Waals surface area contributed by atoms with Crippen LogP contribution in [0, 0.1) is 5.92 Å². The van der Waals surface area contributed by atoms with Gasteiger partial charge in [-0.1, -0.05) is 32.0 Å². The number of rotatable bonds is 15. The second-order valence-electron chi connectivity index (χ2n) is 11.6. The Morgan fingerprint density at radius 3 is 2.41 bits per heavy atom. The lowest BCUT2D eigenvalue weighted by Gasteiger charge is -2.27. The molecule has 5 rings (SSSR count). The monoisotopic (exact) mass is 703 g/mol. The van der Waals surface area contributed by atoms with Crippen LogP contribution in [0.1, 0.15) is 58.3 Å². The van der Waals surface area contributed by atoms with Gasteiger partial charge in [0.25, 0.3) is 0 Å². The molecular formula is C32H42N5O11P. The number of esters is 3. The molecule has 6 atom stereocenters. The first-order valence-electron chi connectivity index (χ1n) is 16.2. The highest BCUT2D eigenvalue weighted by atomic mass is 31.2. The molecule has 0 unspecified atom stereocenters. The highest BCUT2D eigenvalue weighted by Gasteiger charge is 2.52. The van der Waals surface area contributed by atoms with Crippen LogP contribution in [0.2, 0.25) is 0 Å². The van der Waals surface area contributed by atoms with E-state index in [9.17, 15) is 18.9 Å². The van der Waals surface area contributed by atoms with Gasteiger partial charge in [0.15, 0.2) is 18.0 Å². The summed E-state index contributed by atoms with van der Waals surface area (Å²) in [5.41, 5.74) is 6.95. The first-order valence-corrected chi connectivity index (χ1v) is 17.8. The summed E-state index contributed by atoms with van der Waals surface area (Å²) < 4.78 is 56.3. The van der Waals surface area contributed by atoms with Crippen LogP contribution in [0.25, 0.3) is 5.52 Å². The lowest BCUT2D eigenvalue weighted by atomic mass is 10.0. The van der Waals surface area contributed by atoms with Crippen molar-refractivity contribution in [1.29, 1.82) is 0 Å². The van der Waals surface area contributed by atoms with Crippen LogP contribution in [0.15, 0.2) is 48.8 Å². The van der Waals surface area contributed by atoms with E-state index in [1.54, 1.807) is 56.3 Å². The summed E-state index contributed by atoms with van der Waals surface area (Å²) in [7, 11) is -4.35. The number of anilines is 1. The standard InChI is InChI=1S/C32H42N5O11P/c1-4-26(38)46-29-25(45-28(30(29)47-27(39)5-2)23-11-12-24-31(33)34-19-35-37(23)24)18-44-49(41,48-22-9-7-6-8-10-22)36-20(3)32(40)43-17-21-13-15-42-16-14-21/h6-12,19-21,25,28-30H,4-5,13-18H2,1-3H3,(H,36,41)(H2,33,34,35)/t20-,25+,28-,29+,30-,49+/m0/s1. The third-order valence-corrected chi connectivity index (χ3v) is 9.75. The minimum Gasteiger partial charge on any atom is -0.464 e. The second kappa shape index (κ2) is 16.5. The molecule has 0 bridgehead atoms. The van der Waals surface area contributed by atoms with Crippen molar-refractivity contribution >= 4 is 37.0 Å². The molecule has 17 heteroatoms. The number of ether oxygens (including phenoxy) is 5. The predicted molar refractivity (Wildman–Crippen MR) is 173 cm³/mol. The summed E-state index contributed by atoms with van der Waals surface area (Å²) >= 11 is 0. The molecule has 2 fully saturated rings. The molecule has 0 amide bonds. The number of fused-ring (bicyclic) bond motifs is 1. The molecule has 0 spiro atoms. The van der Waals surface area contributed by atoms with Crippen molar-refractivity contribution in [2.45, 2.75) is 76.9 Å². The van der Waals surface area contributed by atoms with Crippen molar-refractivity contribution in [2.24, 2.45) is 5.92 Å². The van der Waals surface area contributed by atoms with Gasteiger partial charge in [-0.3, -0.25) is 18.9 Å². The molecule has 0 radical (unpaired) electrons. The van der Waals surface area contributed by atoms with E-state index in [-0.39, 0.29) is 36.9 Å². The zero-order valence-corrected chi connectivity index (χ0v) is 28.5. The summed E-state index contributed by atoms with van der Waals surface area (Å²) in [6.45, 7) is 5.65. The summed E-state index contributed by atoms with van der Waals surface area (Å²) in [5, 5.41) is 6.95. The van der Waals surface area contributed by atoms with E-state index in [1.807, 2.05) is 0 Å². The fourth-order valence-corrected chi connectivity index (χ4v) is 6.94. The minimum absolute atomic E-state index is 0.0195. The van der Waals surface area contributed by atoms with Crippen molar-refractivity contribution in [3.8, 4) is 5.75 Å². The molecule has 2 aromatic heterocycles. The van der Waals surface area contributed by atoms with E-state index in [0.717, 1.165) is 12.8 Å². The quantitative estimate of drug-likeness (QED) is 0.132. The number of benzene rings is 1. The first kappa shape index (κ1) is 36.2. The fourth-order valence-electron chi connectivity index (χ4n) is 5.44. The van der Waals surface area contributed by atoms with Gasteiger partial charge >= 0.3 is 25.7 Å². The van der Waals surface area contributed by atoms with Crippen molar-refractivity contribution in [3.63, 3.8) is 0 Å². The van der Waals surface area contributed by atoms with Crippen LogP contribution in [0.3, 0.4) is 0 Å². The zero-order valence-electron chi connectivity index (χ0n) is 27.6. The van der Waals surface area contributed by atoms with Crippen LogP contribution in [-0.2, 0) is 47.2 Å². The number of hydrogen-bond donors (Lipinski definition) is 2. The van der Waals surface area contributed by atoms with Gasteiger partial charge in [-0.15, -0.1) is 0 Å². The molecule has 4 heterocycles. The second-order valence-corrected chi connectivity index (χ2v) is 13.3. The molecule has 3 N–H and O–H groups in total. The van der Waals surface area contributed by atoms with Gasteiger partial charge in [0.2, 0.25) is 0 Å². The Bertz CT molecular complexity index is 1630. The predicted octanol–water partition coefficient (Wildman–Crippen LogP) is 3.55. The number of carbonyl (C=O) groups excluding carboxylic acids is 3. The van der Waals surface area contributed by atoms with Crippen LogP contribution in [-0.4, -0.2) is 83.3 Å². The summed E-state index contributed by atoms with van der Waals surface area (Å²) in [4.78, 5) is 42.3. The summed E-state index contributed by atoms with van der Waals surface area (Å²) in [5.74, 6) is -1.23. The van der Waals surface area contributed by atoms with E-state index < -0.39 is 62.7 Å². The molecule has 2 aliphatic heterocycles. The highest BCUT2D eigenvalue weighted by molar-refractivity contribution is 7.52. The first-order chi connectivity index (χ1) is 23.6. The average molecular weight is 704 g/mol. The minimum atomic E-state index is -4.35. The molecule has 0 saturated carbocycles. The molecule has 3 aromatic rings. The molecule has 16 nitrogen and oxygen atoms in total. The van der Waals surface area contributed by atoms with E-state index in [4.69, 9.17) is 38.5 Å². The maximum atomic E-state index is 14.3. The van der Waals surface area contributed by atoms with Gasteiger partial charge in [0.05, 0.1) is 18.9 Å². The number of nitrogens with one attached hydrogen (secondary N) is 1. The number of nitrogens with two attached hydrogens (primary N) is 1. The van der Waals surface area contributed by atoms with Gasteiger partial charge < -0.3 is 33.9 Å². The van der Waals surface area contributed by atoms with Crippen LogP contribution in [0.5, 0.6) is 5.75 Å². The Labute approximate surface area is 283 Å². The van der Waals surface area contributed by atoms with Crippen molar-refractivity contribution in [2.75, 3.05) is 32.2 Å². The van der Waals surface area contributed by atoms with Gasteiger partial charge in [-0.25, -0.2) is 14.1 Å². The molecular weight excluding hydrogens is 661 g/mol. The van der Waals surface area contributed by atoms with Gasteiger partial charge in [-0.2, -0.15) is 10.2 Å². The lowest BCUT2D eigenvalue weighted by molar-refractivity contribution is -0.167. The normalized spacial score (nSPS) is 23.0. The zero-order chi connectivity index (χ0) is 35.0. The Balaban J connectivity index is 1.39. The summed E-state index contributed by atoms with van der Waals surface area (Å²) in [6, 6.07) is 10.5. The largest absolute Gasteiger partial charge is 0.464 e. The van der Waals surface area contributed by atoms with E-state index in [1.165, 1.54) is 17.8 Å². The average Bonchev–Trinajstić information content (AvgIpc) is 3.68. The van der Waals surface area contributed by atoms with Crippen molar-refractivity contribution < 1.29 is 51.7 Å². The highest BCUT2D eigenvalue weighted by Crippen LogP contribution is 2.47. The number of para-hydroxylation sites is 1. The smallest absolute Gasteiger partial charge is 0.459 e. The van der Waals surface area contributed by atoms with E-state index in [2.05, 4.69) is 15.2 Å². The lowest BCUT2D eigenvalue weighted by Crippen LogP contribution is -2.41. The van der Waals surface area contributed by atoms with E-state index >= 15 is 0 Å². The number of aromatic nitrogens is 3. The van der Waals surface area contributed by atoms with E-state index in [0.29, 0.717) is 24.4 Å². The molecule has 49 heavy (non-hydrogen) atoms. The van der Waals surface area contributed by atoms with Gasteiger partial charge in [-0.05, 0) is 49.9 Å². The van der Waals surface area contributed by atoms with Crippen LogP contribution < -0.4 is 15.3 Å². The summed E-state index contributed by atoms with van der Waals surface area (Å²) in [6.07, 6.45) is -1.61. The topological polar surface area (TPSA) is 201 Å². The van der Waals surface area contributed by atoms with Gasteiger partial charge in [0, 0.05) is 26.1 Å². The van der Waals surface area contributed by atoms with Crippen molar-refractivity contribution in [1.82, 2.24) is 19.7 Å². The SMILES string of the molecule is CCC(=O)O[C@@H]1[C@H](OC(=O)CC)[C@@H](CO[P@](=O)(N[C@@H](C)C(=O)OCC2CCOCC2)Oc2ccccc2)O[C@H]1c1ccc2c(N)ncnn12. The maximum absolute atomic E-state index is 14.3. The fraction of sp³-hybridized carbons (Fsp3) is 0.531. The Kier molecular flexibility index (Phi) is 12.2.